The molecule has 0 aliphatic heterocycles. The monoisotopic (exact) mass is 338 g/mol. The predicted octanol–water partition coefficient (Wildman–Crippen LogP) is 2.22. The lowest BCUT2D eigenvalue weighted by Crippen LogP contribution is -2.33. The van der Waals surface area contributed by atoms with Gasteiger partial charge >= 0.3 is 5.97 Å². The van der Waals surface area contributed by atoms with Crippen LogP contribution in [0.5, 0.6) is 0 Å². The lowest BCUT2D eigenvalue weighted by molar-refractivity contribution is -0.149. The van der Waals surface area contributed by atoms with E-state index >= 15 is 0 Å². The molecule has 1 fully saturated rings. The Labute approximate surface area is 143 Å². The van der Waals surface area contributed by atoms with Gasteiger partial charge in [-0.2, -0.15) is 5.10 Å². The van der Waals surface area contributed by atoms with Gasteiger partial charge in [0.15, 0.2) is 5.82 Å². The summed E-state index contributed by atoms with van der Waals surface area (Å²) in [5, 5.41) is 5.09. The maximum atomic E-state index is 12.3. The van der Waals surface area contributed by atoms with Crippen molar-refractivity contribution in [1.82, 2.24) is 19.7 Å². The minimum absolute atomic E-state index is 0.0514. The number of esters is 1. The maximum absolute atomic E-state index is 12.3. The van der Waals surface area contributed by atoms with E-state index in [-0.39, 0.29) is 23.5 Å². The number of nitrogens with one attached hydrogen (secondary N) is 1. The van der Waals surface area contributed by atoms with Crippen LogP contribution in [0.15, 0.2) is 35.3 Å². The molecule has 0 atom stereocenters. The minimum Gasteiger partial charge on any atom is -0.469 e. The van der Waals surface area contributed by atoms with Gasteiger partial charge in [0.2, 0.25) is 0 Å². The Hall–Kier alpha value is -2.96. The molecule has 1 saturated carbocycles. The molecule has 7 heteroatoms. The zero-order valence-corrected chi connectivity index (χ0v) is 14.0. The van der Waals surface area contributed by atoms with Crippen molar-refractivity contribution in [3.63, 3.8) is 0 Å². The van der Waals surface area contributed by atoms with E-state index in [9.17, 15) is 9.59 Å². The fourth-order valence-electron chi connectivity index (χ4n) is 3.20. The number of H-pyrrole nitrogens is 1. The van der Waals surface area contributed by atoms with E-state index in [1.54, 1.807) is 0 Å². The van der Waals surface area contributed by atoms with Crippen LogP contribution < -0.4 is 5.56 Å². The second-order valence-corrected chi connectivity index (χ2v) is 6.46. The number of benzene rings is 1. The standard InChI is InChI=1S/C18H18N4O3/c1-10-3-4-14-13(7-10)17(23)20-16(19-14)15-5-6-22(21-15)12-8-11(9-12)18(24)25-2/h3-7,11-12H,8-9H2,1-2H3,(H,19,20,23). The molecule has 0 amide bonds. The molecule has 2 aromatic heterocycles. The lowest BCUT2D eigenvalue weighted by Gasteiger charge is -2.33. The van der Waals surface area contributed by atoms with Gasteiger partial charge in [0, 0.05) is 6.20 Å². The van der Waals surface area contributed by atoms with E-state index in [0.717, 1.165) is 18.4 Å². The fourth-order valence-corrected chi connectivity index (χ4v) is 3.20. The third-order valence-corrected chi connectivity index (χ3v) is 4.73. The topological polar surface area (TPSA) is 89.9 Å². The third-order valence-electron chi connectivity index (χ3n) is 4.73. The highest BCUT2D eigenvalue weighted by Crippen LogP contribution is 2.38. The van der Waals surface area contributed by atoms with Crippen LogP contribution >= 0.6 is 0 Å². The smallest absolute Gasteiger partial charge is 0.308 e. The highest BCUT2D eigenvalue weighted by Gasteiger charge is 2.36. The highest BCUT2D eigenvalue weighted by molar-refractivity contribution is 5.79. The summed E-state index contributed by atoms with van der Waals surface area (Å²) in [4.78, 5) is 31.1. The summed E-state index contributed by atoms with van der Waals surface area (Å²) in [6, 6.07) is 7.59. The number of nitrogens with zero attached hydrogens (tertiary/aromatic N) is 3. The maximum Gasteiger partial charge on any atom is 0.308 e. The van der Waals surface area contributed by atoms with Crippen LogP contribution in [0.25, 0.3) is 22.4 Å². The van der Waals surface area contributed by atoms with Gasteiger partial charge in [-0.15, -0.1) is 0 Å². The molecule has 0 unspecified atom stereocenters. The fraction of sp³-hybridized carbons (Fsp3) is 0.333. The number of methoxy groups -OCH3 is 1. The molecule has 0 saturated heterocycles. The number of hydrogen-bond acceptors (Lipinski definition) is 5. The molecule has 3 aromatic rings. The quantitative estimate of drug-likeness (QED) is 0.740. The molecule has 1 aromatic carbocycles. The van der Waals surface area contributed by atoms with Gasteiger partial charge in [0.05, 0.1) is 30.0 Å². The van der Waals surface area contributed by atoms with E-state index in [1.807, 2.05) is 42.1 Å². The predicted molar refractivity (Wildman–Crippen MR) is 92.1 cm³/mol. The summed E-state index contributed by atoms with van der Waals surface area (Å²) >= 11 is 0. The van der Waals surface area contributed by atoms with E-state index in [4.69, 9.17) is 4.74 Å². The molecule has 2 heterocycles. The largest absolute Gasteiger partial charge is 0.469 e. The Morgan fingerprint density at radius 3 is 2.88 bits per heavy atom. The first-order valence-electron chi connectivity index (χ1n) is 8.19. The highest BCUT2D eigenvalue weighted by atomic mass is 16.5. The van der Waals surface area contributed by atoms with E-state index < -0.39 is 0 Å². The Kier molecular flexibility index (Phi) is 3.63. The number of rotatable bonds is 3. The number of aromatic amines is 1. The second-order valence-electron chi connectivity index (χ2n) is 6.46. The van der Waals surface area contributed by atoms with Crippen LogP contribution in [-0.2, 0) is 9.53 Å². The number of ether oxygens (including phenoxy) is 1. The first-order chi connectivity index (χ1) is 12.0. The van der Waals surface area contributed by atoms with Gasteiger partial charge in [-0.05, 0) is 38.0 Å². The van der Waals surface area contributed by atoms with Gasteiger partial charge in [0.25, 0.3) is 5.56 Å². The van der Waals surface area contributed by atoms with Crippen molar-refractivity contribution in [3.05, 3.63) is 46.4 Å². The van der Waals surface area contributed by atoms with Crippen molar-refractivity contribution in [2.24, 2.45) is 5.92 Å². The van der Waals surface area contributed by atoms with Gasteiger partial charge in [0.1, 0.15) is 5.69 Å². The normalized spacial score (nSPS) is 19.6. The van der Waals surface area contributed by atoms with E-state index in [2.05, 4.69) is 15.1 Å². The van der Waals surface area contributed by atoms with Crippen LogP contribution in [0, 0.1) is 12.8 Å². The van der Waals surface area contributed by atoms with E-state index in [0.29, 0.717) is 22.4 Å². The van der Waals surface area contributed by atoms with Gasteiger partial charge in [-0.3, -0.25) is 14.3 Å². The second kappa shape index (κ2) is 5.84. The summed E-state index contributed by atoms with van der Waals surface area (Å²) in [5.74, 6) is 0.230. The first kappa shape index (κ1) is 15.6. The summed E-state index contributed by atoms with van der Waals surface area (Å²) < 4.78 is 6.58. The molecule has 1 aliphatic rings. The molecule has 1 aliphatic carbocycles. The number of fused-ring (bicyclic) bond motifs is 1. The lowest BCUT2D eigenvalue weighted by atomic mass is 9.80. The molecular weight excluding hydrogens is 320 g/mol. The number of carbonyl (C=O) groups is 1. The van der Waals surface area contributed by atoms with Gasteiger partial charge < -0.3 is 9.72 Å². The molecule has 7 nitrogen and oxygen atoms in total. The number of aryl methyl sites for hydroxylation is 1. The van der Waals surface area contributed by atoms with E-state index in [1.165, 1.54) is 7.11 Å². The molecule has 0 bridgehead atoms. The zero-order valence-electron chi connectivity index (χ0n) is 14.0. The number of carbonyl (C=O) groups excluding carboxylic acids is 1. The van der Waals surface area contributed by atoms with Gasteiger partial charge in [-0.1, -0.05) is 11.6 Å². The van der Waals surface area contributed by atoms with Crippen molar-refractivity contribution < 1.29 is 9.53 Å². The Bertz CT molecular complexity index is 1010. The van der Waals surface area contributed by atoms with Crippen LogP contribution in [-0.4, -0.2) is 32.8 Å². The zero-order chi connectivity index (χ0) is 17.6. The van der Waals surface area contributed by atoms with Crippen molar-refractivity contribution in [3.8, 4) is 11.5 Å². The summed E-state index contributed by atoms with van der Waals surface area (Å²) in [6.07, 6.45) is 3.29. The van der Waals surface area contributed by atoms with Crippen molar-refractivity contribution in [2.75, 3.05) is 7.11 Å². The van der Waals surface area contributed by atoms with Crippen molar-refractivity contribution in [2.45, 2.75) is 25.8 Å². The average molecular weight is 338 g/mol. The Morgan fingerprint density at radius 2 is 2.12 bits per heavy atom. The molecule has 0 spiro atoms. The van der Waals surface area contributed by atoms with Crippen molar-refractivity contribution >= 4 is 16.9 Å². The first-order valence-corrected chi connectivity index (χ1v) is 8.19. The molecule has 0 radical (unpaired) electrons. The van der Waals surface area contributed by atoms with Crippen LogP contribution in [0.2, 0.25) is 0 Å². The van der Waals surface area contributed by atoms with Crippen LogP contribution in [0.1, 0.15) is 24.4 Å². The van der Waals surface area contributed by atoms with Crippen LogP contribution in [0.3, 0.4) is 0 Å². The minimum atomic E-state index is -0.173. The number of aromatic nitrogens is 4. The van der Waals surface area contributed by atoms with Gasteiger partial charge in [-0.25, -0.2) is 4.98 Å². The molecular formula is C18H18N4O3. The average Bonchev–Trinajstić information content (AvgIpc) is 3.03. The number of hydrogen-bond donors (Lipinski definition) is 1. The summed E-state index contributed by atoms with van der Waals surface area (Å²) in [7, 11) is 1.41. The Balaban J connectivity index is 1.61. The molecule has 25 heavy (non-hydrogen) atoms. The molecule has 1 N–H and O–H groups in total. The third kappa shape index (κ3) is 2.71. The molecule has 4 rings (SSSR count). The molecule has 128 valence electrons. The van der Waals surface area contributed by atoms with Crippen LogP contribution in [0.4, 0.5) is 0 Å². The van der Waals surface area contributed by atoms with Crippen molar-refractivity contribution in [1.29, 1.82) is 0 Å². The summed E-state index contributed by atoms with van der Waals surface area (Å²) in [6.45, 7) is 1.94. The summed E-state index contributed by atoms with van der Waals surface area (Å²) in [5.41, 5.74) is 2.10. The Morgan fingerprint density at radius 1 is 1.32 bits per heavy atom. The SMILES string of the molecule is COC(=O)C1CC(n2ccc(-c3nc4ccc(C)cc4c(=O)[nH]3)n2)C1.